The minimum Gasteiger partial charge on any atom is -0.391 e. The first-order chi connectivity index (χ1) is 13.8. The van der Waals surface area contributed by atoms with Crippen LogP contribution in [0.25, 0.3) is 21.8 Å². The average Bonchev–Trinajstić information content (AvgIpc) is 2.97. The number of sulfonamides is 1. The van der Waals surface area contributed by atoms with Crippen molar-refractivity contribution in [3.05, 3.63) is 48.5 Å². The third-order valence-corrected chi connectivity index (χ3v) is 7.14. The molecule has 4 rings (SSSR count). The number of hydrogen-bond donors (Lipinski definition) is 2. The molecule has 0 spiro atoms. The Morgan fingerprint density at radius 1 is 1.07 bits per heavy atom. The van der Waals surface area contributed by atoms with E-state index in [1.165, 1.54) is 17.0 Å². The Morgan fingerprint density at radius 3 is 2.10 bits per heavy atom. The van der Waals surface area contributed by atoms with Crippen molar-refractivity contribution < 1.29 is 13.5 Å². The summed E-state index contributed by atoms with van der Waals surface area (Å²) in [6, 6.07) is 16.5. The monoisotopic (exact) mass is 414 g/mol. The summed E-state index contributed by atoms with van der Waals surface area (Å²) in [5, 5.41) is 13.4. The maximum Gasteiger partial charge on any atom is 0.209 e. The van der Waals surface area contributed by atoms with Gasteiger partial charge in [0.25, 0.3) is 0 Å². The zero-order chi connectivity index (χ0) is 20.6. The molecule has 0 aliphatic heterocycles. The van der Waals surface area contributed by atoms with Crippen molar-refractivity contribution in [2.24, 2.45) is 5.92 Å². The van der Waals surface area contributed by atoms with Crippen molar-refractivity contribution in [1.82, 2.24) is 9.29 Å². The van der Waals surface area contributed by atoms with E-state index in [-0.39, 0.29) is 0 Å². The first kappa shape index (κ1) is 20.4. The van der Waals surface area contributed by atoms with Gasteiger partial charge in [-0.15, -0.1) is 0 Å². The van der Waals surface area contributed by atoms with Crippen molar-refractivity contribution in [3.63, 3.8) is 0 Å². The molecule has 1 aliphatic carbocycles. The normalized spacial score (nSPS) is 24.2. The van der Waals surface area contributed by atoms with E-state index < -0.39 is 21.7 Å². The van der Waals surface area contributed by atoms with Crippen LogP contribution in [0.3, 0.4) is 0 Å². The van der Waals surface area contributed by atoms with Gasteiger partial charge in [0, 0.05) is 33.9 Å². The van der Waals surface area contributed by atoms with Gasteiger partial charge in [-0.05, 0) is 50.2 Å². The molecule has 1 atom stereocenters. The molecular formula is C23H30N2O3S. The Kier molecular flexibility index (Phi) is 5.44. The molecule has 0 bridgehead atoms. The highest BCUT2D eigenvalue weighted by molar-refractivity contribution is 7.88. The fourth-order valence-electron chi connectivity index (χ4n) is 4.98. The molecule has 0 saturated heterocycles. The van der Waals surface area contributed by atoms with Crippen LogP contribution in [0.2, 0.25) is 0 Å². The summed E-state index contributed by atoms with van der Waals surface area (Å²) in [6.07, 6.45) is 4.49. The first-order valence-corrected chi connectivity index (χ1v) is 12.3. The summed E-state index contributed by atoms with van der Waals surface area (Å²) in [5.41, 5.74) is 1.63. The zero-order valence-electron chi connectivity index (χ0n) is 17.1. The molecule has 6 heteroatoms. The number of benzene rings is 2. The standard InChI is InChI=1S/C23H30N2O3S/c1-17-11-13-23(14-12-17,24-29(2,27)28)15-18(26)16-25-21-9-5-3-7-19(21)20-8-4-6-10-22(20)25/h3-10,17-18,24,26H,11-16H2,1-2H3. The van der Waals surface area contributed by atoms with Gasteiger partial charge in [0.05, 0.1) is 12.4 Å². The van der Waals surface area contributed by atoms with Crippen molar-refractivity contribution in [1.29, 1.82) is 0 Å². The molecule has 2 N–H and O–H groups in total. The van der Waals surface area contributed by atoms with E-state index in [1.54, 1.807) is 0 Å². The molecule has 1 aliphatic rings. The smallest absolute Gasteiger partial charge is 0.209 e. The van der Waals surface area contributed by atoms with Crippen LogP contribution in [0.15, 0.2) is 48.5 Å². The SMILES string of the molecule is CC1CCC(CC(O)Cn2c3ccccc3c3ccccc32)(NS(C)(=O)=O)CC1. The molecule has 1 aromatic heterocycles. The second kappa shape index (κ2) is 7.74. The van der Waals surface area contributed by atoms with Crippen LogP contribution >= 0.6 is 0 Å². The van der Waals surface area contributed by atoms with Crippen LogP contribution < -0.4 is 4.72 Å². The highest BCUT2D eigenvalue weighted by Crippen LogP contribution is 2.36. The minimum absolute atomic E-state index is 0.424. The van der Waals surface area contributed by atoms with E-state index in [0.717, 1.165) is 36.7 Å². The van der Waals surface area contributed by atoms with Crippen LogP contribution in [0.1, 0.15) is 39.0 Å². The molecule has 1 fully saturated rings. The molecule has 2 aromatic carbocycles. The fraction of sp³-hybridized carbons (Fsp3) is 0.478. The van der Waals surface area contributed by atoms with Gasteiger partial charge in [-0.2, -0.15) is 0 Å². The topological polar surface area (TPSA) is 71.3 Å². The van der Waals surface area contributed by atoms with Gasteiger partial charge in [-0.3, -0.25) is 0 Å². The summed E-state index contributed by atoms with van der Waals surface area (Å²) < 4.78 is 29.1. The second-order valence-electron chi connectivity index (χ2n) is 8.84. The number of rotatable bonds is 6. The van der Waals surface area contributed by atoms with Crippen LogP contribution in [-0.2, 0) is 16.6 Å². The maximum atomic E-state index is 12.0. The lowest BCUT2D eigenvalue weighted by atomic mass is 9.75. The predicted octanol–water partition coefficient (Wildman–Crippen LogP) is 4.04. The first-order valence-electron chi connectivity index (χ1n) is 10.4. The van der Waals surface area contributed by atoms with Gasteiger partial charge in [-0.25, -0.2) is 13.1 Å². The summed E-state index contributed by atoms with van der Waals surface area (Å²) in [7, 11) is -3.34. The predicted molar refractivity (Wildman–Crippen MR) is 118 cm³/mol. The maximum absolute atomic E-state index is 12.0. The number of fused-ring (bicyclic) bond motifs is 3. The van der Waals surface area contributed by atoms with Crippen LogP contribution in [0.4, 0.5) is 0 Å². The van der Waals surface area contributed by atoms with Gasteiger partial charge < -0.3 is 9.67 Å². The fourth-order valence-corrected chi connectivity index (χ4v) is 6.06. The summed E-state index contributed by atoms with van der Waals surface area (Å²) in [4.78, 5) is 0. The van der Waals surface area contributed by atoms with Crippen LogP contribution in [-0.4, -0.2) is 36.0 Å². The summed E-state index contributed by atoms with van der Waals surface area (Å²) in [5.74, 6) is 0.596. The van der Waals surface area contributed by atoms with E-state index in [9.17, 15) is 13.5 Å². The molecule has 156 valence electrons. The molecule has 0 amide bonds. The Labute approximate surface area is 172 Å². The van der Waals surface area contributed by atoms with E-state index in [2.05, 4.69) is 40.5 Å². The number of para-hydroxylation sites is 2. The lowest BCUT2D eigenvalue weighted by Crippen LogP contribution is -2.52. The highest BCUT2D eigenvalue weighted by atomic mass is 32.2. The van der Waals surface area contributed by atoms with Crippen LogP contribution in [0, 0.1) is 5.92 Å². The molecule has 29 heavy (non-hydrogen) atoms. The number of aromatic nitrogens is 1. The quantitative estimate of drug-likeness (QED) is 0.639. The number of hydrogen-bond acceptors (Lipinski definition) is 3. The van der Waals surface area contributed by atoms with Crippen molar-refractivity contribution in [2.75, 3.05) is 6.26 Å². The summed E-state index contributed by atoms with van der Waals surface area (Å²) >= 11 is 0. The molecular weight excluding hydrogens is 384 g/mol. The lowest BCUT2D eigenvalue weighted by Gasteiger charge is -2.41. The van der Waals surface area contributed by atoms with E-state index in [1.807, 2.05) is 24.3 Å². The Bertz CT molecular complexity index is 1060. The Balaban J connectivity index is 1.64. The van der Waals surface area contributed by atoms with Crippen molar-refractivity contribution in [2.45, 2.75) is 57.2 Å². The lowest BCUT2D eigenvalue weighted by molar-refractivity contribution is 0.0885. The molecule has 1 unspecified atom stereocenters. The minimum atomic E-state index is -3.34. The number of aliphatic hydroxyl groups is 1. The second-order valence-corrected chi connectivity index (χ2v) is 10.6. The number of nitrogens with zero attached hydrogens (tertiary/aromatic N) is 1. The van der Waals surface area contributed by atoms with Gasteiger partial charge in [0.1, 0.15) is 0 Å². The number of aliphatic hydroxyl groups excluding tert-OH is 1. The molecule has 0 radical (unpaired) electrons. The van der Waals surface area contributed by atoms with Gasteiger partial charge in [0.15, 0.2) is 0 Å². The summed E-state index contributed by atoms with van der Waals surface area (Å²) in [6.45, 7) is 2.65. The van der Waals surface area contributed by atoms with E-state index in [4.69, 9.17) is 0 Å². The van der Waals surface area contributed by atoms with E-state index in [0.29, 0.717) is 18.9 Å². The van der Waals surface area contributed by atoms with Gasteiger partial charge in [-0.1, -0.05) is 43.3 Å². The van der Waals surface area contributed by atoms with Gasteiger partial charge in [0.2, 0.25) is 10.0 Å². The third kappa shape index (κ3) is 4.34. The molecule has 1 saturated carbocycles. The largest absolute Gasteiger partial charge is 0.391 e. The highest BCUT2D eigenvalue weighted by Gasteiger charge is 2.38. The van der Waals surface area contributed by atoms with Gasteiger partial charge >= 0.3 is 0 Å². The molecule has 1 heterocycles. The third-order valence-electron chi connectivity index (χ3n) is 6.33. The van der Waals surface area contributed by atoms with Crippen molar-refractivity contribution >= 4 is 31.8 Å². The Morgan fingerprint density at radius 2 is 1.59 bits per heavy atom. The average molecular weight is 415 g/mol. The molecule has 5 nitrogen and oxygen atoms in total. The van der Waals surface area contributed by atoms with E-state index >= 15 is 0 Å². The van der Waals surface area contributed by atoms with Crippen LogP contribution in [0.5, 0.6) is 0 Å². The Hall–Kier alpha value is -1.89. The molecule has 3 aromatic rings. The number of nitrogens with one attached hydrogen (secondary N) is 1. The van der Waals surface area contributed by atoms with Crippen molar-refractivity contribution in [3.8, 4) is 0 Å². The zero-order valence-corrected chi connectivity index (χ0v) is 18.0.